The predicted molar refractivity (Wildman–Crippen MR) is 151 cm³/mol. The molecule has 0 aliphatic heterocycles. The number of ketones is 2. The molecule has 0 radical (unpaired) electrons. The van der Waals surface area contributed by atoms with Crippen LogP contribution in [0.5, 0.6) is 0 Å². The molecule has 1 amide bonds. The zero-order valence-corrected chi connectivity index (χ0v) is 24.7. The van der Waals surface area contributed by atoms with E-state index in [4.69, 9.17) is 58.0 Å². The molecule has 14 heteroatoms. The highest BCUT2D eigenvalue weighted by atomic mass is 35.5. The molecule has 0 spiro atoms. The van der Waals surface area contributed by atoms with Gasteiger partial charge in [0.05, 0.1) is 21.0 Å². The summed E-state index contributed by atoms with van der Waals surface area (Å²) in [6.45, 7) is 0. The fourth-order valence-corrected chi connectivity index (χ4v) is 5.86. The maximum absolute atomic E-state index is 15.0. The Bertz CT molecular complexity index is 1590. The Balaban J connectivity index is 1.50. The molecular weight excluding hydrogens is 671 g/mol. The summed E-state index contributed by atoms with van der Waals surface area (Å²) < 4.78 is 65.2. The molecule has 3 aromatic carbocycles. The lowest BCUT2D eigenvalue weighted by Gasteiger charge is -2.12. The first-order valence-corrected chi connectivity index (χ1v) is 13.9. The van der Waals surface area contributed by atoms with E-state index in [2.05, 4.69) is 5.32 Å². The quantitative estimate of drug-likeness (QED) is 0.139. The van der Waals surface area contributed by atoms with Gasteiger partial charge in [-0.15, -0.1) is 23.2 Å². The van der Waals surface area contributed by atoms with Crippen LogP contribution in [0.25, 0.3) is 0 Å². The van der Waals surface area contributed by atoms with Crippen LogP contribution in [-0.4, -0.2) is 28.0 Å². The maximum Gasteiger partial charge on any atom is 0.395 e. The van der Waals surface area contributed by atoms with Gasteiger partial charge in [0.25, 0.3) is 0 Å². The Kier molecular flexibility index (Phi) is 9.50. The molecular formula is C28H17Cl5F5NO3. The van der Waals surface area contributed by atoms with Crippen LogP contribution < -0.4 is 5.32 Å². The minimum Gasteiger partial charge on any atom is -0.326 e. The lowest BCUT2D eigenvalue weighted by atomic mass is 9.97. The van der Waals surface area contributed by atoms with E-state index in [-0.39, 0.29) is 26.9 Å². The molecule has 0 bridgehead atoms. The molecule has 0 unspecified atom stereocenters. The van der Waals surface area contributed by atoms with Gasteiger partial charge in [-0.25, -0.2) is 8.78 Å². The summed E-state index contributed by atoms with van der Waals surface area (Å²) in [5.41, 5.74) is -0.656. The van der Waals surface area contributed by atoms with Gasteiger partial charge in [-0.3, -0.25) is 14.4 Å². The Labute approximate surface area is 261 Å². The van der Waals surface area contributed by atoms with E-state index in [0.717, 1.165) is 12.1 Å². The Morgan fingerprint density at radius 1 is 0.857 bits per heavy atom. The summed E-state index contributed by atoms with van der Waals surface area (Å²) in [4.78, 5) is 37.7. The summed E-state index contributed by atoms with van der Waals surface area (Å²) in [5, 5.41) is 3.12. The Morgan fingerprint density at radius 2 is 1.52 bits per heavy atom. The van der Waals surface area contributed by atoms with Crippen LogP contribution in [0, 0.1) is 17.6 Å². The molecule has 222 valence electrons. The molecule has 4 nitrogen and oxygen atoms in total. The first-order valence-electron chi connectivity index (χ1n) is 12.0. The van der Waals surface area contributed by atoms with E-state index < -0.39 is 76.3 Å². The van der Waals surface area contributed by atoms with Gasteiger partial charge < -0.3 is 5.32 Å². The zero-order valence-electron chi connectivity index (χ0n) is 20.9. The van der Waals surface area contributed by atoms with E-state index in [1.807, 2.05) is 0 Å². The van der Waals surface area contributed by atoms with Crippen LogP contribution in [-0.2, 0) is 22.4 Å². The normalized spacial score (nSPS) is 17.6. The molecule has 0 saturated heterocycles. The van der Waals surface area contributed by atoms with Gasteiger partial charge in [-0.1, -0.05) is 46.9 Å². The number of benzene rings is 3. The van der Waals surface area contributed by atoms with Gasteiger partial charge in [0.15, 0.2) is 5.78 Å². The second kappa shape index (κ2) is 12.3. The number of hydrogen-bond acceptors (Lipinski definition) is 3. The second-order valence-electron chi connectivity index (χ2n) is 9.59. The van der Waals surface area contributed by atoms with Crippen molar-refractivity contribution in [3.8, 4) is 0 Å². The first-order chi connectivity index (χ1) is 19.5. The van der Waals surface area contributed by atoms with Crippen LogP contribution in [0.3, 0.4) is 0 Å². The number of anilines is 1. The van der Waals surface area contributed by atoms with Gasteiger partial charge in [-0.2, -0.15) is 13.2 Å². The number of carbonyl (C=O) groups excluding carboxylic acids is 3. The minimum absolute atomic E-state index is 0.0507. The van der Waals surface area contributed by atoms with Crippen LogP contribution in [0.2, 0.25) is 15.1 Å². The summed E-state index contributed by atoms with van der Waals surface area (Å²) >= 11 is 30.9. The number of alkyl halides is 5. The van der Waals surface area contributed by atoms with Gasteiger partial charge in [0.1, 0.15) is 28.2 Å². The molecule has 4 rings (SSSR count). The summed E-state index contributed by atoms with van der Waals surface area (Å²) in [7, 11) is 0. The van der Waals surface area contributed by atoms with Crippen molar-refractivity contribution in [3.05, 3.63) is 97.5 Å². The summed E-state index contributed by atoms with van der Waals surface area (Å²) in [5.74, 6) is -6.81. The third-order valence-electron chi connectivity index (χ3n) is 6.56. The Morgan fingerprint density at radius 3 is 2.17 bits per heavy atom. The molecule has 0 heterocycles. The summed E-state index contributed by atoms with van der Waals surface area (Å²) in [6.07, 6.45) is -8.51. The van der Waals surface area contributed by atoms with Crippen molar-refractivity contribution < 1.29 is 36.3 Å². The van der Waals surface area contributed by atoms with Crippen LogP contribution in [0.1, 0.15) is 39.4 Å². The van der Waals surface area contributed by atoms with Crippen molar-refractivity contribution in [1.82, 2.24) is 0 Å². The monoisotopic (exact) mass is 685 g/mol. The van der Waals surface area contributed by atoms with Crippen molar-refractivity contribution in [2.45, 2.75) is 35.7 Å². The van der Waals surface area contributed by atoms with Gasteiger partial charge in [-0.05, 0) is 47.5 Å². The predicted octanol–water partition coefficient (Wildman–Crippen LogP) is 8.94. The van der Waals surface area contributed by atoms with Crippen LogP contribution >= 0.6 is 58.0 Å². The number of rotatable bonds is 9. The topological polar surface area (TPSA) is 63.2 Å². The molecule has 1 fully saturated rings. The number of halogens is 10. The largest absolute Gasteiger partial charge is 0.395 e. The highest BCUT2D eigenvalue weighted by Crippen LogP contribution is 2.65. The van der Waals surface area contributed by atoms with Crippen molar-refractivity contribution in [3.63, 3.8) is 0 Å². The fraction of sp³-hybridized carbons (Fsp3) is 0.250. The zero-order chi connectivity index (χ0) is 31.1. The molecule has 2 atom stereocenters. The molecule has 42 heavy (non-hydrogen) atoms. The van der Waals surface area contributed by atoms with Crippen molar-refractivity contribution >= 4 is 81.2 Å². The molecule has 1 aliphatic rings. The van der Waals surface area contributed by atoms with Crippen LogP contribution in [0.4, 0.5) is 27.6 Å². The number of nitrogens with one attached hydrogen (secondary N) is 1. The van der Waals surface area contributed by atoms with Gasteiger partial charge in [0, 0.05) is 35.6 Å². The molecule has 1 aliphatic carbocycles. The smallest absolute Gasteiger partial charge is 0.326 e. The highest BCUT2D eigenvalue weighted by Gasteiger charge is 2.67. The maximum atomic E-state index is 15.0. The number of Topliss-reactive ketones (excluding diaryl/α,β-unsaturated/α-hetero) is 2. The van der Waals surface area contributed by atoms with Gasteiger partial charge in [0.2, 0.25) is 5.91 Å². The van der Waals surface area contributed by atoms with E-state index in [0.29, 0.717) is 10.6 Å². The van der Waals surface area contributed by atoms with Crippen molar-refractivity contribution in [1.29, 1.82) is 0 Å². The number of amides is 1. The average molecular weight is 688 g/mol. The molecule has 0 aromatic heterocycles. The van der Waals surface area contributed by atoms with Gasteiger partial charge >= 0.3 is 6.18 Å². The fourth-order valence-electron chi connectivity index (χ4n) is 4.51. The second-order valence-corrected chi connectivity index (χ2v) is 12.3. The van der Waals surface area contributed by atoms with E-state index >= 15 is 0 Å². The molecule has 1 N–H and O–H groups in total. The van der Waals surface area contributed by atoms with Crippen molar-refractivity contribution in [2.75, 3.05) is 5.32 Å². The molecule has 3 aromatic rings. The Hall–Kier alpha value is -2.43. The molecule has 1 saturated carbocycles. The third kappa shape index (κ3) is 7.19. The first kappa shape index (κ1) is 32.5. The lowest BCUT2D eigenvalue weighted by Crippen LogP contribution is -2.18. The SMILES string of the molecule is O=C(Cc1c(F)ccc(CC(=O)c2cc(NC(=O)[C@H]3[C@H](c4ccc(Cl)c(Cl)c4)C3(Cl)Cl)ccc2Cl)c1F)CC(F)(F)F. The van der Waals surface area contributed by atoms with E-state index in [1.165, 1.54) is 18.2 Å². The summed E-state index contributed by atoms with van der Waals surface area (Å²) in [6, 6.07) is 10.4. The minimum atomic E-state index is -4.84. The standard InChI is InChI=1S/C28H17Cl5F5NO3/c29-18-5-3-14(39-26(42)24-23(28(24,32)33)12-1-4-19(30)20(31)7-12)9-16(18)22(41)8-13-2-6-21(34)17(25(13)35)10-15(40)11-27(36,37)38/h1-7,9,23-24H,8,10-11H2,(H,39,42)/t23-,24+/m0/s1. The highest BCUT2D eigenvalue weighted by molar-refractivity contribution is 6.53. The van der Waals surface area contributed by atoms with Crippen molar-refractivity contribution in [2.24, 2.45) is 5.92 Å². The van der Waals surface area contributed by atoms with E-state index in [9.17, 15) is 36.3 Å². The third-order valence-corrected chi connectivity index (χ3v) is 8.57. The van der Waals surface area contributed by atoms with Crippen LogP contribution in [0.15, 0.2) is 48.5 Å². The lowest BCUT2D eigenvalue weighted by molar-refractivity contribution is -0.151. The number of hydrogen-bond donors (Lipinski definition) is 1. The average Bonchev–Trinajstić information content (AvgIpc) is 3.47. The number of carbonyl (C=O) groups is 3. The van der Waals surface area contributed by atoms with E-state index in [1.54, 1.807) is 18.2 Å².